The summed E-state index contributed by atoms with van der Waals surface area (Å²) in [5.41, 5.74) is 4.53. The number of carbonyl (C=O) groups excluding carboxylic acids is 1. The van der Waals surface area contributed by atoms with Crippen LogP contribution in [0.3, 0.4) is 0 Å². The molecule has 30 heavy (non-hydrogen) atoms. The molecule has 0 saturated carbocycles. The van der Waals surface area contributed by atoms with Crippen LogP contribution < -0.4 is 4.90 Å². The number of fused-ring (bicyclic) bond motifs is 1. The van der Waals surface area contributed by atoms with Crippen molar-refractivity contribution in [2.24, 2.45) is 0 Å². The van der Waals surface area contributed by atoms with E-state index in [1.54, 1.807) is 11.3 Å². The summed E-state index contributed by atoms with van der Waals surface area (Å²) in [4.78, 5) is 18.3. The lowest BCUT2D eigenvalue weighted by Crippen LogP contribution is -2.09. The second-order valence-electron chi connectivity index (χ2n) is 6.82. The molecule has 5 rings (SSSR count). The fourth-order valence-corrected chi connectivity index (χ4v) is 7.59. The predicted molar refractivity (Wildman–Crippen MR) is 131 cm³/mol. The number of hydrogen-bond donors (Lipinski definition) is 0. The molecule has 0 unspecified atom stereocenters. The van der Waals surface area contributed by atoms with E-state index in [0.29, 0.717) is 0 Å². The Morgan fingerprint density at radius 2 is 1.20 bits per heavy atom. The third-order valence-electron chi connectivity index (χ3n) is 4.95. The predicted octanol–water partition coefficient (Wildman–Crippen LogP) is 7.90. The van der Waals surface area contributed by atoms with Crippen LogP contribution in [-0.2, 0) is 0 Å². The molecule has 0 fully saturated rings. The van der Waals surface area contributed by atoms with Crippen molar-refractivity contribution in [1.82, 2.24) is 0 Å². The van der Waals surface area contributed by atoms with Crippen LogP contribution in [-0.4, -0.2) is 17.8 Å². The van der Waals surface area contributed by atoms with E-state index in [-0.39, 0.29) is 0 Å². The van der Waals surface area contributed by atoms with E-state index >= 15 is 0 Å². The molecular formula is C25H19NOS3. The molecule has 0 radical (unpaired) electrons. The second-order valence-corrected chi connectivity index (χ2v) is 10.1. The highest BCUT2D eigenvalue weighted by atomic mass is 32.2. The fourth-order valence-electron chi connectivity index (χ4n) is 3.60. The van der Waals surface area contributed by atoms with Crippen molar-refractivity contribution in [2.45, 2.75) is 9.79 Å². The van der Waals surface area contributed by atoms with Gasteiger partial charge < -0.3 is 4.90 Å². The van der Waals surface area contributed by atoms with Crippen LogP contribution >= 0.6 is 34.9 Å². The summed E-state index contributed by atoms with van der Waals surface area (Å²) in [6, 6.07) is 29.5. The van der Waals surface area contributed by atoms with Gasteiger partial charge in [0.05, 0.1) is 4.88 Å². The van der Waals surface area contributed by atoms with Gasteiger partial charge in [-0.2, -0.15) is 0 Å². The summed E-state index contributed by atoms with van der Waals surface area (Å²) in [7, 11) is 0. The van der Waals surface area contributed by atoms with Crippen molar-refractivity contribution >= 4 is 58.2 Å². The van der Waals surface area contributed by atoms with Gasteiger partial charge in [-0.1, -0.05) is 48.5 Å². The number of carbonyl (C=O) groups is 1. The molecule has 0 aliphatic carbocycles. The minimum atomic E-state index is 0.858. The topological polar surface area (TPSA) is 20.3 Å². The van der Waals surface area contributed by atoms with E-state index in [0.717, 1.165) is 39.7 Å². The van der Waals surface area contributed by atoms with E-state index in [2.05, 4.69) is 77.7 Å². The van der Waals surface area contributed by atoms with Gasteiger partial charge in [-0.15, -0.1) is 34.9 Å². The molecule has 2 nitrogen and oxygen atoms in total. The third-order valence-corrected chi connectivity index (χ3v) is 8.98. The maximum atomic E-state index is 11.6. The van der Waals surface area contributed by atoms with E-state index in [1.165, 1.54) is 20.2 Å². The average molecular weight is 446 g/mol. The molecule has 0 atom stereocenters. The van der Waals surface area contributed by atoms with Crippen molar-refractivity contribution in [1.29, 1.82) is 0 Å². The van der Waals surface area contributed by atoms with Gasteiger partial charge in [-0.25, -0.2) is 0 Å². The average Bonchev–Trinajstić information content (AvgIpc) is 3.20. The maximum Gasteiger partial charge on any atom is 0.161 e. The molecule has 1 aliphatic rings. The fraction of sp³-hybridized carbons (Fsp3) is 0.0800. The van der Waals surface area contributed by atoms with Gasteiger partial charge in [0, 0.05) is 43.2 Å². The highest BCUT2D eigenvalue weighted by molar-refractivity contribution is 8.06. The molecule has 0 spiro atoms. The van der Waals surface area contributed by atoms with Crippen molar-refractivity contribution in [3.05, 3.63) is 89.8 Å². The first-order valence-electron chi connectivity index (χ1n) is 9.73. The summed E-state index contributed by atoms with van der Waals surface area (Å²) in [6.07, 6.45) is 1.01. The SMILES string of the molecule is O=Cc1sc(-c2ccc(N(c3ccccc3)c3ccccc3)cc2)c2c1SCCS2. The molecule has 3 aromatic carbocycles. The van der Waals surface area contributed by atoms with Crippen LogP contribution in [0.5, 0.6) is 0 Å². The Bertz CT molecular complexity index is 1110. The van der Waals surface area contributed by atoms with Gasteiger partial charge in [-0.3, -0.25) is 4.79 Å². The number of anilines is 3. The van der Waals surface area contributed by atoms with Crippen LogP contribution in [0.25, 0.3) is 10.4 Å². The van der Waals surface area contributed by atoms with Gasteiger partial charge in [-0.05, 0) is 42.0 Å². The first-order chi connectivity index (χ1) is 14.8. The number of hydrogen-bond acceptors (Lipinski definition) is 5. The highest BCUT2D eigenvalue weighted by Gasteiger charge is 2.23. The molecule has 0 saturated heterocycles. The summed E-state index contributed by atoms with van der Waals surface area (Å²) in [5.74, 6) is 2.16. The molecule has 0 N–H and O–H groups in total. The number of aldehydes is 1. The molecule has 0 bridgehead atoms. The Hall–Kier alpha value is -2.47. The lowest BCUT2D eigenvalue weighted by atomic mass is 10.1. The van der Waals surface area contributed by atoms with Gasteiger partial charge in [0.1, 0.15) is 0 Å². The standard InChI is InChI=1S/C25H19NOS3/c27-17-22-24-25(29-16-15-28-24)23(30-22)18-11-13-21(14-12-18)26(19-7-3-1-4-8-19)20-9-5-2-6-10-20/h1-14,17H,15-16H2. The van der Waals surface area contributed by atoms with E-state index in [1.807, 2.05) is 35.7 Å². The smallest absolute Gasteiger partial charge is 0.161 e. The Balaban J connectivity index is 1.55. The molecule has 148 valence electrons. The second kappa shape index (κ2) is 8.72. The largest absolute Gasteiger partial charge is 0.311 e. The number of thiophene rings is 1. The Kier molecular flexibility index (Phi) is 5.67. The maximum absolute atomic E-state index is 11.6. The lowest BCUT2D eigenvalue weighted by molar-refractivity contribution is 0.112. The van der Waals surface area contributed by atoms with Crippen LogP contribution in [0.2, 0.25) is 0 Å². The van der Waals surface area contributed by atoms with E-state index in [9.17, 15) is 4.79 Å². The zero-order valence-electron chi connectivity index (χ0n) is 16.2. The molecule has 1 aliphatic heterocycles. The number of para-hydroxylation sites is 2. The quantitative estimate of drug-likeness (QED) is 0.291. The Morgan fingerprint density at radius 1 is 0.667 bits per heavy atom. The zero-order valence-corrected chi connectivity index (χ0v) is 18.6. The number of thioether (sulfide) groups is 2. The van der Waals surface area contributed by atoms with Crippen LogP contribution in [0, 0.1) is 0 Å². The summed E-state index contributed by atoms with van der Waals surface area (Å²) in [5, 5.41) is 0. The summed E-state index contributed by atoms with van der Waals surface area (Å²) in [6.45, 7) is 0. The summed E-state index contributed by atoms with van der Waals surface area (Å²) >= 11 is 5.29. The monoisotopic (exact) mass is 445 g/mol. The Morgan fingerprint density at radius 3 is 1.77 bits per heavy atom. The molecule has 0 amide bonds. The van der Waals surface area contributed by atoms with Gasteiger partial charge in [0.15, 0.2) is 6.29 Å². The minimum absolute atomic E-state index is 0.858. The van der Waals surface area contributed by atoms with Gasteiger partial charge in [0.25, 0.3) is 0 Å². The van der Waals surface area contributed by atoms with E-state index < -0.39 is 0 Å². The Labute approximate surface area is 188 Å². The number of nitrogens with zero attached hydrogens (tertiary/aromatic N) is 1. The van der Waals surface area contributed by atoms with Gasteiger partial charge in [0.2, 0.25) is 0 Å². The lowest BCUT2D eigenvalue weighted by Gasteiger charge is -2.25. The van der Waals surface area contributed by atoms with Crippen LogP contribution in [0.1, 0.15) is 9.67 Å². The molecular weight excluding hydrogens is 426 g/mol. The normalized spacial score (nSPS) is 12.9. The molecule has 5 heteroatoms. The minimum Gasteiger partial charge on any atom is -0.311 e. The van der Waals surface area contributed by atoms with Gasteiger partial charge >= 0.3 is 0 Å². The zero-order chi connectivity index (χ0) is 20.3. The van der Waals surface area contributed by atoms with Crippen molar-refractivity contribution in [3.8, 4) is 10.4 Å². The van der Waals surface area contributed by atoms with Crippen molar-refractivity contribution in [3.63, 3.8) is 0 Å². The summed E-state index contributed by atoms with van der Waals surface area (Å²) < 4.78 is 0. The first kappa shape index (κ1) is 19.5. The first-order valence-corrected chi connectivity index (χ1v) is 12.5. The van der Waals surface area contributed by atoms with Crippen LogP contribution in [0.4, 0.5) is 17.1 Å². The highest BCUT2D eigenvalue weighted by Crippen LogP contribution is 2.49. The van der Waals surface area contributed by atoms with Crippen LogP contribution in [0.15, 0.2) is 94.7 Å². The number of rotatable bonds is 5. The van der Waals surface area contributed by atoms with E-state index in [4.69, 9.17) is 0 Å². The molecule has 1 aromatic heterocycles. The number of benzene rings is 3. The molecule has 2 heterocycles. The van der Waals surface area contributed by atoms with Crippen molar-refractivity contribution < 1.29 is 4.79 Å². The third kappa shape index (κ3) is 3.69. The van der Waals surface area contributed by atoms with Crippen molar-refractivity contribution in [2.75, 3.05) is 16.4 Å². The molecule has 4 aromatic rings.